The lowest BCUT2D eigenvalue weighted by Gasteiger charge is -2.33. The average molecular weight is 723 g/mol. The van der Waals surface area contributed by atoms with Crippen molar-refractivity contribution < 1.29 is 14.3 Å². The molecule has 0 saturated heterocycles. The van der Waals surface area contributed by atoms with Gasteiger partial charge < -0.3 is 14.3 Å². The van der Waals surface area contributed by atoms with Gasteiger partial charge in [0.1, 0.15) is 5.75 Å². The topological polar surface area (TPSA) is 49.7 Å². The van der Waals surface area contributed by atoms with E-state index >= 15 is 0 Å². The number of hydrogen-bond donors (Lipinski definition) is 2. The monoisotopic (exact) mass is 722 g/mol. The summed E-state index contributed by atoms with van der Waals surface area (Å²) >= 11 is 0. The SMILES string of the molecule is CC(C)(C)c1ccc(-c2ccc(OP(O)O)c(-c3ccc(C(C)(C)C)cc3C(C)(C)C)c2-c2ccc(C(C)(C)C)cc2C(C)(C)C)c(C(C)(C)C)c1. The predicted molar refractivity (Wildman–Crippen MR) is 227 cm³/mol. The summed E-state index contributed by atoms with van der Waals surface area (Å²) in [5.74, 6) is 0.465. The van der Waals surface area contributed by atoms with Gasteiger partial charge in [-0.15, -0.1) is 0 Å². The van der Waals surface area contributed by atoms with Gasteiger partial charge in [0.2, 0.25) is 0 Å². The van der Waals surface area contributed by atoms with Crippen molar-refractivity contribution in [1.82, 2.24) is 0 Å². The Bertz CT molecular complexity index is 1920. The summed E-state index contributed by atoms with van der Waals surface area (Å²) in [5, 5.41) is 0. The van der Waals surface area contributed by atoms with Gasteiger partial charge in [-0.05, 0) is 94.2 Å². The highest BCUT2D eigenvalue weighted by Gasteiger charge is 2.33. The first kappa shape index (κ1) is 41.8. The zero-order valence-corrected chi connectivity index (χ0v) is 36.5. The second-order valence-corrected chi connectivity index (χ2v) is 21.7. The highest BCUT2D eigenvalue weighted by molar-refractivity contribution is 7.39. The van der Waals surface area contributed by atoms with E-state index in [4.69, 9.17) is 4.52 Å². The van der Waals surface area contributed by atoms with Crippen LogP contribution in [0.1, 0.15) is 158 Å². The van der Waals surface area contributed by atoms with Gasteiger partial charge >= 0.3 is 8.60 Å². The summed E-state index contributed by atoms with van der Waals surface area (Å²) < 4.78 is 6.06. The maximum Gasteiger partial charge on any atom is 0.391 e. The molecule has 2 N–H and O–H groups in total. The molecule has 3 nitrogen and oxygen atoms in total. The predicted octanol–water partition coefficient (Wildman–Crippen LogP) is 14.1. The molecule has 0 spiro atoms. The molecule has 4 aromatic carbocycles. The van der Waals surface area contributed by atoms with E-state index in [0.717, 1.165) is 27.8 Å². The van der Waals surface area contributed by atoms with E-state index in [1.165, 1.54) is 38.9 Å². The van der Waals surface area contributed by atoms with Crippen molar-refractivity contribution in [2.75, 3.05) is 0 Å². The van der Waals surface area contributed by atoms with Crippen LogP contribution in [0.25, 0.3) is 33.4 Å². The molecule has 52 heavy (non-hydrogen) atoms. The third kappa shape index (κ3) is 9.03. The van der Waals surface area contributed by atoms with Crippen LogP contribution in [0.3, 0.4) is 0 Å². The van der Waals surface area contributed by atoms with Gasteiger partial charge in [0.25, 0.3) is 0 Å². The zero-order chi connectivity index (χ0) is 39.6. The summed E-state index contributed by atoms with van der Waals surface area (Å²) in [5.41, 5.74) is 13.2. The molecule has 0 heterocycles. The van der Waals surface area contributed by atoms with Crippen LogP contribution in [0.15, 0.2) is 66.7 Å². The lowest BCUT2D eigenvalue weighted by Crippen LogP contribution is -2.19. The first-order valence-electron chi connectivity index (χ1n) is 18.9. The van der Waals surface area contributed by atoms with E-state index in [-0.39, 0.29) is 32.5 Å². The first-order chi connectivity index (χ1) is 23.4. The summed E-state index contributed by atoms with van der Waals surface area (Å²) in [6.07, 6.45) is 0. The van der Waals surface area contributed by atoms with Crippen LogP contribution in [-0.4, -0.2) is 9.79 Å². The van der Waals surface area contributed by atoms with Crippen molar-refractivity contribution in [2.24, 2.45) is 0 Å². The Kier molecular flexibility index (Phi) is 11.3. The molecular weight excluding hydrogens is 655 g/mol. The quantitative estimate of drug-likeness (QED) is 0.202. The fraction of sp³-hybridized carbons (Fsp3) is 0.500. The van der Waals surface area contributed by atoms with Crippen LogP contribution in [0.5, 0.6) is 5.75 Å². The molecule has 0 aromatic heterocycles. The molecule has 0 fully saturated rings. The van der Waals surface area contributed by atoms with Crippen molar-refractivity contribution in [3.63, 3.8) is 0 Å². The molecule has 0 aliphatic carbocycles. The second-order valence-electron chi connectivity index (χ2n) is 21.0. The standard InChI is InChI=1S/C48H67O3P/c1-43(2,3)30-19-22-33(37(27-30)46(10,11)12)34-25-26-40(51-52(49)50)42(36-24-21-32(45(7,8)9)29-39(36)48(16,17)18)41(34)35-23-20-31(44(4,5)6)28-38(35)47(13,14)15/h19-29,49-50H,1-18H3. The lowest BCUT2D eigenvalue weighted by molar-refractivity contribution is 0.375. The van der Waals surface area contributed by atoms with Gasteiger partial charge in [0.15, 0.2) is 0 Å². The van der Waals surface area contributed by atoms with Crippen LogP contribution in [0, 0.1) is 0 Å². The molecule has 0 amide bonds. The Morgan fingerprint density at radius 3 is 1.00 bits per heavy atom. The molecule has 4 heteroatoms. The van der Waals surface area contributed by atoms with Gasteiger partial charge in [0.05, 0.1) is 0 Å². The van der Waals surface area contributed by atoms with Crippen molar-refractivity contribution in [1.29, 1.82) is 0 Å². The molecule has 0 aliphatic rings. The zero-order valence-electron chi connectivity index (χ0n) is 35.6. The summed E-state index contributed by atoms with van der Waals surface area (Å²) in [7, 11) is -2.68. The third-order valence-electron chi connectivity index (χ3n) is 10.3. The van der Waals surface area contributed by atoms with Crippen LogP contribution in [0.2, 0.25) is 0 Å². The van der Waals surface area contributed by atoms with Crippen molar-refractivity contribution in [2.45, 2.75) is 157 Å². The summed E-state index contributed by atoms with van der Waals surface area (Å²) in [6.45, 7) is 40.9. The molecule has 0 atom stereocenters. The molecule has 4 aromatic rings. The number of rotatable bonds is 5. The number of hydrogen-bond acceptors (Lipinski definition) is 3. The van der Waals surface area contributed by atoms with Crippen molar-refractivity contribution >= 4 is 8.60 Å². The minimum absolute atomic E-state index is 0.0117. The van der Waals surface area contributed by atoms with Gasteiger partial charge in [0, 0.05) is 11.1 Å². The van der Waals surface area contributed by atoms with Crippen LogP contribution in [0.4, 0.5) is 0 Å². The summed E-state index contributed by atoms with van der Waals surface area (Å²) in [4.78, 5) is 20.9. The van der Waals surface area contributed by atoms with Crippen LogP contribution >= 0.6 is 8.60 Å². The smallest absolute Gasteiger partial charge is 0.391 e. The minimum Gasteiger partial charge on any atom is -0.426 e. The second kappa shape index (κ2) is 14.0. The Balaban J connectivity index is 2.39. The molecule has 0 aliphatic heterocycles. The highest BCUT2D eigenvalue weighted by atomic mass is 31.2. The number of benzene rings is 4. The molecule has 282 valence electrons. The molecule has 0 bridgehead atoms. The van der Waals surface area contributed by atoms with E-state index in [1.807, 2.05) is 6.07 Å². The molecule has 0 radical (unpaired) electrons. The first-order valence-corrected chi connectivity index (χ1v) is 20.1. The Morgan fingerprint density at radius 1 is 0.365 bits per heavy atom. The summed E-state index contributed by atoms with van der Waals surface area (Å²) in [6, 6.07) is 24.9. The van der Waals surface area contributed by atoms with E-state index in [0.29, 0.717) is 5.75 Å². The fourth-order valence-electron chi connectivity index (χ4n) is 7.08. The fourth-order valence-corrected chi connectivity index (χ4v) is 7.41. The van der Waals surface area contributed by atoms with E-state index < -0.39 is 8.60 Å². The average Bonchev–Trinajstić information content (AvgIpc) is 2.97. The van der Waals surface area contributed by atoms with E-state index in [1.54, 1.807) is 0 Å². The van der Waals surface area contributed by atoms with Gasteiger partial charge in [-0.1, -0.05) is 185 Å². The van der Waals surface area contributed by atoms with E-state index in [2.05, 4.69) is 185 Å². The maximum atomic E-state index is 10.5. The highest BCUT2D eigenvalue weighted by Crippen LogP contribution is 2.53. The lowest BCUT2D eigenvalue weighted by atomic mass is 9.71. The third-order valence-corrected chi connectivity index (χ3v) is 10.6. The van der Waals surface area contributed by atoms with Crippen molar-refractivity contribution in [3.05, 3.63) is 100 Å². The van der Waals surface area contributed by atoms with Gasteiger partial charge in [-0.3, -0.25) is 0 Å². The Hall–Kier alpha value is -2.97. The van der Waals surface area contributed by atoms with Gasteiger partial charge in [-0.2, -0.15) is 0 Å². The molecule has 4 rings (SSSR count). The van der Waals surface area contributed by atoms with Crippen molar-refractivity contribution in [3.8, 4) is 39.1 Å². The maximum absolute atomic E-state index is 10.5. The van der Waals surface area contributed by atoms with Gasteiger partial charge in [-0.25, -0.2) is 0 Å². The molecule has 0 unspecified atom stereocenters. The Labute approximate surface area is 318 Å². The van der Waals surface area contributed by atoms with Crippen LogP contribution < -0.4 is 4.52 Å². The Morgan fingerprint density at radius 2 is 0.673 bits per heavy atom. The normalized spacial score (nSPS) is 13.6. The van der Waals surface area contributed by atoms with E-state index in [9.17, 15) is 9.79 Å². The minimum atomic E-state index is -2.68. The molecular formula is C48H67O3P. The largest absolute Gasteiger partial charge is 0.426 e. The molecule has 0 saturated carbocycles. The van der Waals surface area contributed by atoms with Crippen LogP contribution in [-0.2, 0) is 32.5 Å².